The predicted octanol–water partition coefficient (Wildman–Crippen LogP) is 2.69. The standard InChI is InChI=1S/C24H30N4O3/c1-26-20-8-4-5-9-21(20)28(24(26)30)17-23(29)25-16-22(27-14-6-3-7-15-27)18-10-12-19(31-2)13-11-18/h4-5,8-13,22H,3,6-7,14-17H2,1-2H3,(H,25,29)/t22-/m1/s1. The largest absolute Gasteiger partial charge is 0.497 e. The number of aryl methyl sites for hydroxylation is 1. The van der Waals surface area contributed by atoms with Gasteiger partial charge in [0, 0.05) is 13.6 Å². The van der Waals surface area contributed by atoms with E-state index < -0.39 is 0 Å². The quantitative estimate of drug-likeness (QED) is 0.636. The Kier molecular flexibility index (Phi) is 6.42. The summed E-state index contributed by atoms with van der Waals surface area (Å²) in [5.41, 5.74) is 2.57. The average molecular weight is 423 g/mol. The SMILES string of the molecule is COc1ccc([C@@H](CNC(=O)Cn2c(=O)n(C)c3ccccc32)N2CCCCC2)cc1. The van der Waals surface area contributed by atoms with Gasteiger partial charge in [-0.1, -0.05) is 30.7 Å². The zero-order valence-electron chi connectivity index (χ0n) is 18.2. The van der Waals surface area contributed by atoms with E-state index in [4.69, 9.17) is 4.74 Å². The minimum atomic E-state index is -0.181. The lowest BCUT2D eigenvalue weighted by Crippen LogP contribution is -2.42. The third-order valence-electron chi connectivity index (χ3n) is 6.18. The number of hydrogen-bond donors (Lipinski definition) is 1. The highest BCUT2D eigenvalue weighted by Gasteiger charge is 2.23. The van der Waals surface area contributed by atoms with Crippen molar-refractivity contribution < 1.29 is 9.53 Å². The highest BCUT2D eigenvalue weighted by atomic mass is 16.5. The van der Waals surface area contributed by atoms with Crippen molar-refractivity contribution in [3.05, 3.63) is 64.6 Å². The molecule has 164 valence electrons. The van der Waals surface area contributed by atoms with E-state index in [2.05, 4.69) is 22.3 Å². The number of fused-ring (bicyclic) bond motifs is 1. The van der Waals surface area contributed by atoms with Gasteiger partial charge in [0.2, 0.25) is 5.91 Å². The maximum absolute atomic E-state index is 12.8. The summed E-state index contributed by atoms with van der Waals surface area (Å²) in [5.74, 6) is 0.662. The number of methoxy groups -OCH3 is 1. The number of ether oxygens (including phenoxy) is 1. The number of nitrogens with one attached hydrogen (secondary N) is 1. The second kappa shape index (κ2) is 9.39. The molecule has 0 spiro atoms. The summed E-state index contributed by atoms with van der Waals surface area (Å²) in [6.45, 7) is 2.56. The van der Waals surface area contributed by atoms with Crippen LogP contribution in [-0.4, -0.2) is 46.7 Å². The fourth-order valence-corrected chi connectivity index (χ4v) is 4.44. The van der Waals surface area contributed by atoms with E-state index in [-0.39, 0.29) is 24.2 Å². The van der Waals surface area contributed by atoms with Crippen molar-refractivity contribution in [3.8, 4) is 5.75 Å². The molecule has 0 radical (unpaired) electrons. The zero-order valence-corrected chi connectivity index (χ0v) is 18.2. The summed E-state index contributed by atoms with van der Waals surface area (Å²) < 4.78 is 8.41. The lowest BCUT2D eigenvalue weighted by molar-refractivity contribution is -0.121. The Morgan fingerprint density at radius 2 is 1.71 bits per heavy atom. The Labute approximate surface area is 182 Å². The minimum Gasteiger partial charge on any atom is -0.497 e. The number of amides is 1. The van der Waals surface area contributed by atoms with Gasteiger partial charge < -0.3 is 10.1 Å². The molecule has 2 aromatic carbocycles. The van der Waals surface area contributed by atoms with E-state index in [1.165, 1.54) is 23.8 Å². The van der Waals surface area contributed by atoms with Crippen LogP contribution in [0, 0.1) is 0 Å². The van der Waals surface area contributed by atoms with Gasteiger partial charge in [-0.25, -0.2) is 4.79 Å². The smallest absolute Gasteiger partial charge is 0.329 e. The normalized spacial score (nSPS) is 15.7. The molecule has 0 unspecified atom stereocenters. The topological polar surface area (TPSA) is 68.5 Å². The van der Waals surface area contributed by atoms with Crippen LogP contribution in [0.15, 0.2) is 53.3 Å². The molecule has 1 N–H and O–H groups in total. The monoisotopic (exact) mass is 422 g/mol. The highest BCUT2D eigenvalue weighted by Crippen LogP contribution is 2.26. The third kappa shape index (κ3) is 4.51. The molecule has 1 aliphatic heterocycles. The van der Waals surface area contributed by atoms with Crippen LogP contribution in [0.4, 0.5) is 0 Å². The van der Waals surface area contributed by atoms with Crippen LogP contribution in [0.5, 0.6) is 5.75 Å². The van der Waals surface area contributed by atoms with Crippen LogP contribution in [0.3, 0.4) is 0 Å². The minimum absolute atomic E-state index is 0.00944. The molecule has 4 rings (SSSR count). The summed E-state index contributed by atoms with van der Waals surface area (Å²) in [6.07, 6.45) is 3.60. The summed E-state index contributed by atoms with van der Waals surface area (Å²) in [6, 6.07) is 15.7. The van der Waals surface area contributed by atoms with E-state index in [1.807, 2.05) is 36.4 Å². The molecule has 7 heteroatoms. The molecule has 0 bridgehead atoms. The Morgan fingerprint density at radius 3 is 2.39 bits per heavy atom. The van der Waals surface area contributed by atoms with E-state index in [1.54, 1.807) is 18.7 Å². The Balaban J connectivity index is 1.49. The van der Waals surface area contributed by atoms with Crippen LogP contribution in [0.1, 0.15) is 30.9 Å². The van der Waals surface area contributed by atoms with Crippen molar-refractivity contribution in [1.82, 2.24) is 19.4 Å². The number of carbonyl (C=O) groups is 1. The number of piperidine rings is 1. The molecule has 31 heavy (non-hydrogen) atoms. The van der Waals surface area contributed by atoms with Gasteiger partial charge in [-0.2, -0.15) is 0 Å². The Hall–Kier alpha value is -3.06. The molecule has 1 atom stereocenters. The number of benzene rings is 2. The number of likely N-dealkylation sites (tertiary alicyclic amines) is 1. The number of imidazole rings is 1. The molecule has 0 aliphatic carbocycles. The van der Waals surface area contributed by atoms with Crippen molar-refractivity contribution in [2.24, 2.45) is 7.05 Å². The van der Waals surface area contributed by atoms with Crippen LogP contribution in [-0.2, 0) is 18.4 Å². The van der Waals surface area contributed by atoms with Gasteiger partial charge in [0.05, 0.1) is 24.2 Å². The van der Waals surface area contributed by atoms with E-state index in [0.717, 1.165) is 35.4 Å². The molecule has 1 aliphatic rings. The first-order valence-corrected chi connectivity index (χ1v) is 10.9. The van der Waals surface area contributed by atoms with Crippen molar-refractivity contribution in [1.29, 1.82) is 0 Å². The molecule has 1 aromatic heterocycles. The predicted molar refractivity (Wildman–Crippen MR) is 121 cm³/mol. The highest BCUT2D eigenvalue weighted by molar-refractivity contribution is 5.80. The zero-order chi connectivity index (χ0) is 21.8. The maximum atomic E-state index is 12.8. The summed E-state index contributed by atoms with van der Waals surface area (Å²) in [4.78, 5) is 27.9. The van der Waals surface area contributed by atoms with Crippen LogP contribution in [0.2, 0.25) is 0 Å². The second-order valence-electron chi connectivity index (χ2n) is 8.11. The van der Waals surface area contributed by atoms with E-state index in [0.29, 0.717) is 6.54 Å². The van der Waals surface area contributed by atoms with Gasteiger partial charge in [-0.15, -0.1) is 0 Å². The molecule has 1 fully saturated rings. The van der Waals surface area contributed by atoms with Crippen molar-refractivity contribution in [2.45, 2.75) is 31.8 Å². The molecule has 1 amide bonds. The molecular weight excluding hydrogens is 392 g/mol. The van der Waals surface area contributed by atoms with E-state index >= 15 is 0 Å². The fraction of sp³-hybridized carbons (Fsp3) is 0.417. The van der Waals surface area contributed by atoms with Gasteiger partial charge in [0.1, 0.15) is 12.3 Å². The van der Waals surface area contributed by atoms with Crippen molar-refractivity contribution in [2.75, 3.05) is 26.7 Å². The summed E-state index contributed by atoms with van der Waals surface area (Å²) in [7, 11) is 3.39. The van der Waals surface area contributed by atoms with Gasteiger partial charge >= 0.3 is 5.69 Å². The Bertz CT molecular complexity index is 1090. The van der Waals surface area contributed by atoms with Gasteiger partial charge in [-0.3, -0.25) is 18.8 Å². The molecular formula is C24H30N4O3. The molecule has 2 heterocycles. The van der Waals surface area contributed by atoms with Crippen LogP contribution in [0.25, 0.3) is 11.0 Å². The average Bonchev–Trinajstić information content (AvgIpc) is 3.05. The van der Waals surface area contributed by atoms with E-state index in [9.17, 15) is 9.59 Å². The maximum Gasteiger partial charge on any atom is 0.329 e. The number of rotatable bonds is 7. The first kappa shape index (κ1) is 21.2. The fourth-order valence-electron chi connectivity index (χ4n) is 4.44. The summed E-state index contributed by atoms with van der Waals surface area (Å²) in [5, 5.41) is 3.08. The summed E-state index contributed by atoms with van der Waals surface area (Å²) >= 11 is 0. The lowest BCUT2D eigenvalue weighted by atomic mass is 10.0. The molecule has 0 saturated carbocycles. The first-order valence-electron chi connectivity index (χ1n) is 10.9. The molecule has 3 aromatic rings. The first-order chi connectivity index (χ1) is 15.1. The van der Waals surface area contributed by atoms with Crippen LogP contribution >= 0.6 is 0 Å². The molecule has 7 nitrogen and oxygen atoms in total. The number of aromatic nitrogens is 2. The number of para-hydroxylation sites is 2. The Morgan fingerprint density at radius 1 is 1.03 bits per heavy atom. The van der Waals surface area contributed by atoms with Crippen LogP contribution < -0.4 is 15.7 Å². The van der Waals surface area contributed by atoms with Gasteiger partial charge in [-0.05, 0) is 55.8 Å². The van der Waals surface area contributed by atoms with Crippen molar-refractivity contribution in [3.63, 3.8) is 0 Å². The third-order valence-corrected chi connectivity index (χ3v) is 6.18. The van der Waals surface area contributed by atoms with Crippen molar-refractivity contribution >= 4 is 16.9 Å². The second-order valence-corrected chi connectivity index (χ2v) is 8.11. The number of hydrogen-bond acceptors (Lipinski definition) is 4. The molecule has 1 saturated heterocycles. The number of nitrogens with zero attached hydrogens (tertiary/aromatic N) is 3. The lowest BCUT2D eigenvalue weighted by Gasteiger charge is -2.35. The van der Waals surface area contributed by atoms with Gasteiger partial charge in [0.15, 0.2) is 0 Å². The van der Waals surface area contributed by atoms with Gasteiger partial charge in [0.25, 0.3) is 0 Å². The number of carbonyl (C=O) groups excluding carboxylic acids is 1.